The highest BCUT2D eigenvalue weighted by atomic mass is 16.5. The Morgan fingerprint density at radius 3 is 2.78 bits per heavy atom. The van der Waals surface area contributed by atoms with Crippen molar-refractivity contribution in [1.29, 1.82) is 0 Å². The van der Waals surface area contributed by atoms with Crippen LogP contribution in [-0.2, 0) is 6.54 Å². The summed E-state index contributed by atoms with van der Waals surface area (Å²) in [6.45, 7) is 4.35. The van der Waals surface area contributed by atoms with Gasteiger partial charge in [-0.2, -0.15) is 4.58 Å². The molecule has 4 N–H and O–H groups in total. The maximum atomic E-state index is 6.22. The largest absolute Gasteiger partial charge is 0.497 e. The number of ether oxygens (including phenoxy) is 1. The Bertz CT molecular complexity index is 1000. The van der Waals surface area contributed by atoms with Gasteiger partial charge >= 0.3 is 5.95 Å². The lowest BCUT2D eigenvalue weighted by atomic mass is 10.2. The molecule has 1 unspecified atom stereocenters. The fourth-order valence-corrected chi connectivity index (χ4v) is 3.35. The van der Waals surface area contributed by atoms with Crippen molar-refractivity contribution in [2.75, 3.05) is 20.4 Å². The van der Waals surface area contributed by atoms with Crippen LogP contribution in [0.4, 0.5) is 5.95 Å². The highest BCUT2D eigenvalue weighted by molar-refractivity contribution is 5.83. The average molecular weight is 364 g/mol. The SMILES string of the molecule is COc1ccc2nc([N+]3=C(N)NC[NH+](Cc4ccccc4)C3)nc(C)c2c1. The average Bonchev–Trinajstić information content (AvgIpc) is 2.70. The molecule has 0 saturated carbocycles. The molecule has 2 aromatic carbocycles. The molecule has 7 nitrogen and oxygen atoms in total. The van der Waals surface area contributed by atoms with Gasteiger partial charge in [0.25, 0.3) is 5.96 Å². The molecule has 138 valence electrons. The molecule has 3 aromatic rings. The van der Waals surface area contributed by atoms with Crippen LogP contribution in [0.1, 0.15) is 11.3 Å². The van der Waals surface area contributed by atoms with E-state index in [1.54, 1.807) is 7.11 Å². The Morgan fingerprint density at radius 1 is 1.19 bits per heavy atom. The van der Waals surface area contributed by atoms with Crippen molar-refractivity contribution in [1.82, 2.24) is 15.3 Å². The number of nitrogens with two attached hydrogens (primary N) is 1. The molecule has 0 saturated heterocycles. The summed E-state index contributed by atoms with van der Waals surface area (Å²) in [5, 5.41) is 4.25. The molecule has 0 spiro atoms. The van der Waals surface area contributed by atoms with Crippen LogP contribution in [0.3, 0.4) is 0 Å². The van der Waals surface area contributed by atoms with Crippen molar-refractivity contribution in [2.45, 2.75) is 13.5 Å². The minimum absolute atomic E-state index is 0.582. The van der Waals surface area contributed by atoms with Gasteiger partial charge in [-0.25, -0.2) is 0 Å². The molecule has 27 heavy (non-hydrogen) atoms. The van der Waals surface area contributed by atoms with E-state index in [0.29, 0.717) is 18.6 Å². The van der Waals surface area contributed by atoms with Gasteiger partial charge in [0.15, 0.2) is 13.3 Å². The second-order valence-electron chi connectivity index (χ2n) is 6.73. The summed E-state index contributed by atoms with van der Waals surface area (Å²) in [6, 6.07) is 16.3. The maximum absolute atomic E-state index is 6.22. The fourth-order valence-electron chi connectivity index (χ4n) is 3.35. The van der Waals surface area contributed by atoms with E-state index in [1.807, 2.05) is 35.8 Å². The van der Waals surface area contributed by atoms with Crippen LogP contribution < -0.4 is 20.7 Å². The number of rotatable bonds is 4. The minimum atomic E-state index is 0.582. The molecule has 0 amide bonds. The van der Waals surface area contributed by atoms with Crippen LogP contribution in [0.25, 0.3) is 10.9 Å². The molecule has 4 rings (SSSR count). The summed E-state index contributed by atoms with van der Waals surface area (Å²) in [4.78, 5) is 10.8. The number of fused-ring (bicyclic) bond motifs is 1. The highest BCUT2D eigenvalue weighted by Gasteiger charge is 2.26. The van der Waals surface area contributed by atoms with E-state index in [4.69, 9.17) is 20.4 Å². The zero-order chi connectivity index (χ0) is 18.8. The molecule has 0 bridgehead atoms. The molecule has 1 aliphatic heterocycles. The molecule has 0 fully saturated rings. The van der Waals surface area contributed by atoms with Crippen LogP contribution in [0.15, 0.2) is 48.5 Å². The van der Waals surface area contributed by atoms with Gasteiger partial charge in [-0.1, -0.05) is 30.3 Å². The summed E-state index contributed by atoms with van der Waals surface area (Å²) in [5.74, 6) is 1.99. The lowest BCUT2D eigenvalue weighted by Crippen LogP contribution is -3.15. The van der Waals surface area contributed by atoms with Crippen LogP contribution in [0.5, 0.6) is 5.75 Å². The first-order valence-electron chi connectivity index (χ1n) is 8.98. The van der Waals surface area contributed by atoms with Gasteiger partial charge in [0.05, 0.1) is 12.8 Å². The number of hydrogen-bond acceptors (Lipinski definition) is 5. The van der Waals surface area contributed by atoms with Crippen molar-refractivity contribution in [3.63, 3.8) is 0 Å². The van der Waals surface area contributed by atoms with Gasteiger partial charge in [-0.3, -0.25) is 10.2 Å². The second-order valence-corrected chi connectivity index (χ2v) is 6.73. The number of benzene rings is 2. The van der Waals surface area contributed by atoms with Gasteiger partial charge in [-0.15, -0.1) is 9.97 Å². The molecule has 7 heteroatoms. The van der Waals surface area contributed by atoms with Crippen molar-refractivity contribution in [3.8, 4) is 5.75 Å². The number of aromatic nitrogens is 2. The van der Waals surface area contributed by atoms with E-state index < -0.39 is 0 Å². The normalized spacial score (nSPS) is 17.0. The smallest absolute Gasteiger partial charge is 0.361 e. The van der Waals surface area contributed by atoms with E-state index in [9.17, 15) is 0 Å². The molecule has 0 radical (unpaired) electrons. The number of guanidine groups is 1. The summed E-state index contributed by atoms with van der Waals surface area (Å²) in [7, 11) is 1.66. The number of nitrogens with one attached hydrogen (secondary N) is 2. The van der Waals surface area contributed by atoms with Crippen LogP contribution in [0, 0.1) is 6.92 Å². The first kappa shape index (κ1) is 17.2. The Labute approximate surface area is 158 Å². The van der Waals surface area contributed by atoms with Crippen molar-refractivity contribution >= 4 is 22.8 Å². The third-order valence-corrected chi connectivity index (χ3v) is 4.81. The van der Waals surface area contributed by atoms with E-state index in [1.165, 1.54) is 10.5 Å². The zero-order valence-corrected chi connectivity index (χ0v) is 15.6. The number of methoxy groups -OCH3 is 1. The summed E-state index contributed by atoms with van der Waals surface area (Å²) >= 11 is 0. The van der Waals surface area contributed by atoms with Gasteiger partial charge in [-0.05, 0) is 25.1 Å². The topological polar surface area (TPSA) is 80.5 Å². The maximum Gasteiger partial charge on any atom is 0.361 e. The van der Waals surface area contributed by atoms with Crippen molar-refractivity contribution < 1.29 is 14.2 Å². The molecular weight excluding hydrogens is 340 g/mol. The van der Waals surface area contributed by atoms with Gasteiger partial charge in [0.1, 0.15) is 17.8 Å². The third kappa shape index (κ3) is 3.54. The number of quaternary nitrogens is 1. The fraction of sp³-hybridized carbons (Fsp3) is 0.250. The predicted octanol–water partition coefficient (Wildman–Crippen LogP) is 0.509. The quantitative estimate of drug-likeness (QED) is 0.588. The first-order chi connectivity index (χ1) is 13.1. The lowest BCUT2D eigenvalue weighted by molar-refractivity contribution is -0.986. The first-order valence-corrected chi connectivity index (χ1v) is 8.98. The monoisotopic (exact) mass is 364 g/mol. The van der Waals surface area contributed by atoms with Crippen LogP contribution in [0.2, 0.25) is 0 Å². The van der Waals surface area contributed by atoms with E-state index in [-0.39, 0.29) is 0 Å². The second kappa shape index (κ2) is 7.20. The molecule has 1 aromatic heterocycles. The standard InChI is InChI=1S/C20H22N6O/c1-14-17-10-16(27-2)8-9-18(17)24-20(23-14)26-13-25(12-22-19(26)21)11-15-6-4-3-5-7-15/h3-10H,11-13H2,1-2H3,(H2,21,22)/p+2. The molecule has 1 aliphatic rings. The molecule has 2 heterocycles. The van der Waals surface area contributed by atoms with Crippen molar-refractivity contribution in [2.24, 2.45) is 5.73 Å². The Kier molecular flexibility index (Phi) is 4.60. The number of hydrogen-bond donors (Lipinski definition) is 3. The zero-order valence-electron chi connectivity index (χ0n) is 15.6. The van der Waals surface area contributed by atoms with Crippen molar-refractivity contribution in [3.05, 3.63) is 59.8 Å². The predicted molar refractivity (Wildman–Crippen MR) is 104 cm³/mol. The third-order valence-electron chi connectivity index (χ3n) is 4.81. The summed E-state index contributed by atoms with van der Waals surface area (Å²) < 4.78 is 7.25. The Hall–Kier alpha value is -3.19. The lowest BCUT2D eigenvalue weighted by Gasteiger charge is -2.25. The van der Waals surface area contributed by atoms with Crippen LogP contribution in [-0.4, -0.2) is 41.0 Å². The summed E-state index contributed by atoms with van der Waals surface area (Å²) in [5.41, 5.74) is 9.29. The van der Waals surface area contributed by atoms with Gasteiger partial charge in [0, 0.05) is 10.9 Å². The molecule has 0 aliphatic carbocycles. The van der Waals surface area contributed by atoms with E-state index >= 15 is 0 Å². The highest BCUT2D eigenvalue weighted by Crippen LogP contribution is 2.23. The number of aryl methyl sites for hydroxylation is 1. The Balaban J connectivity index is 1.65. The molecule has 1 atom stereocenters. The summed E-state index contributed by atoms with van der Waals surface area (Å²) in [6.07, 6.45) is 0. The molecular formula is C20H24N6O+2. The van der Waals surface area contributed by atoms with Gasteiger partial charge < -0.3 is 10.5 Å². The van der Waals surface area contributed by atoms with Crippen LogP contribution >= 0.6 is 0 Å². The van der Waals surface area contributed by atoms with E-state index in [2.05, 4.69) is 29.6 Å². The minimum Gasteiger partial charge on any atom is -0.497 e. The Morgan fingerprint density at radius 2 is 2.00 bits per heavy atom. The van der Waals surface area contributed by atoms with Gasteiger partial charge in [0.2, 0.25) is 0 Å². The number of nitrogens with zero attached hydrogens (tertiary/aromatic N) is 3. The van der Waals surface area contributed by atoms with E-state index in [0.717, 1.165) is 35.6 Å².